The summed E-state index contributed by atoms with van der Waals surface area (Å²) in [7, 11) is -3.69. The molecule has 1 aliphatic rings. The van der Waals surface area contributed by atoms with E-state index in [9.17, 15) is 18.0 Å². The van der Waals surface area contributed by atoms with E-state index in [0.29, 0.717) is 49.5 Å². The average molecular weight is 546 g/mol. The molecule has 3 aromatic rings. The monoisotopic (exact) mass is 545 g/mol. The molecule has 0 saturated carbocycles. The van der Waals surface area contributed by atoms with Gasteiger partial charge in [-0.3, -0.25) is 4.79 Å². The number of amides is 1. The van der Waals surface area contributed by atoms with Crippen LogP contribution in [0.3, 0.4) is 0 Å². The van der Waals surface area contributed by atoms with Gasteiger partial charge in [-0.15, -0.1) is 0 Å². The predicted octanol–water partition coefficient (Wildman–Crippen LogP) is 3.44. The number of rotatable bonds is 9. The summed E-state index contributed by atoms with van der Waals surface area (Å²) >= 11 is 1.31. The molecular weight excluding hydrogens is 514 g/mol. The van der Waals surface area contributed by atoms with Gasteiger partial charge in [0, 0.05) is 26.2 Å². The highest BCUT2D eigenvalue weighted by Gasteiger charge is 2.33. The van der Waals surface area contributed by atoms with Crippen molar-refractivity contribution in [3.05, 3.63) is 58.9 Å². The smallest absolute Gasteiger partial charge is 0.338 e. The van der Waals surface area contributed by atoms with E-state index >= 15 is 0 Å². The molecule has 2 aromatic carbocycles. The zero-order chi connectivity index (χ0) is 26.4. The van der Waals surface area contributed by atoms with Crippen LogP contribution < -0.4 is 4.80 Å². The van der Waals surface area contributed by atoms with E-state index in [-0.39, 0.29) is 24.0 Å². The summed E-state index contributed by atoms with van der Waals surface area (Å²) in [6.45, 7) is 5.90. The van der Waals surface area contributed by atoms with E-state index in [2.05, 4.69) is 4.99 Å². The van der Waals surface area contributed by atoms with E-state index in [1.54, 1.807) is 49.4 Å². The van der Waals surface area contributed by atoms with E-state index in [1.165, 1.54) is 15.6 Å². The molecule has 0 spiro atoms. The Balaban J connectivity index is 1.64. The lowest BCUT2D eigenvalue weighted by molar-refractivity contribution is -0.122. The van der Waals surface area contributed by atoms with Crippen molar-refractivity contribution in [3.63, 3.8) is 0 Å². The fourth-order valence-corrected chi connectivity index (χ4v) is 6.95. The van der Waals surface area contributed by atoms with Gasteiger partial charge in [0.15, 0.2) is 4.80 Å². The van der Waals surface area contributed by atoms with Gasteiger partial charge in [0.2, 0.25) is 10.0 Å². The van der Waals surface area contributed by atoms with Crippen molar-refractivity contribution in [1.82, 2.24) is 8.87 Å². The van der Waals surface area contributed by atoms with E-state index in [0.717, 1.165) is 10.2 Å². The van der Waals surface area contributed by atoms with Crippen LogP contribution in [-0.2, 0) is 30.8 Å². The van der Waals surface area contributed by atoms with Gasteiger partial charge in [0.25, 0.3) is 5.91 Å². The summed E-state index contributed by atoms with van der Waals surface area (Å²) in [4.78, 5) is 30.7. The number of aromatic nitrogens is 1. The fourth-order valence-electron chi connectivity index (χ4n) is 4.31. The SMILES string of the molecule is CCOCCn1c(=NC(=O)C2CCCN(S(=O)(=O)c3ccccc3)C2)sc2cc(C(=O)OCC)ccc21. The molecule has 1 aromatic heterocycles. The minimum absolute atomic E-state index is 0.0937. The van der Waals surface area contributed by atoms with Gasteiger partial charge in [0.1, 0.15) is 0 Å². The number of sulfonamides is 1. The number of fused-ring (bicyclic) bond motifs is 1. The highest BCUT2D eigenvalue weighted by Crippen LogP contribution is 2.25. The molecule has 1 aliphatic heterocycles. The second-order valence-corrected chi connectivity index (χ2v) is 11.5. The third-order valence-electron chi connectivity index (χ3n) is 6.18. The molecule has 1 unspecified atom stereocenters. The second kappa shape index (κ2) is 12.1. The quantitative estimate of drug-likeness (QED) is 0.301. The van der Waals surface area contributed by atoms with Crippen LogP contribution in [-0.4, -0.2) is 62.1 Å². The molecular formula is C26H31N3O6S2. The van der Waals surface area contributed by atoms with Crippen molar-refractivity contribution < 1.29 is 27.5 Å². The maximum atomic E-state index is 13.3. The Labute approximate surface area is 220 Å². The Hall–Kier alpha value is -2.86. The molecule has 4 rings (SSSR count). The number of benzene rings is 2. The van der Waals surface area contributed by atoms with Gasteiger partial charge in [-0.1, -0.05) is 29.5 Å². The number of thiazole rings is 1. The van der Waals surface area contributed by atoms with E-state index in [1.807, 2.05) is 17.6 Å². The number of esters is 1. The lowest BCUT2D eigenvalue weighted by Gasteiger charge is -2.30. The third-order valence-corrected chi connectivity index (χ3v) is 9.10. The van der Waals surface area contributed by atoms with Crippen molar-refractivity contribution in [2.45, 2.75) is 38.1 Å². The summed E-state index contributed by atoms with van der Waals surface area (Å²) in [5.41, 5.74) is 1.26. The number of carbonyl (C=O) groups is 2. The zero-order valence-electron chi connectivity index (χ0n) is 21.0. The molecule has 1 atom stereocenters. The molecule has 11 heteroatoms. The molecule has 0 N–H and O–H groups in total. The van der Waals surface area contributed by atoms with Gasteiger partial charge in [0.05, 0.1) is 39.8 Å². The molecule has 1 amide bonds. The van der Waals surface area contributed by atoms with Crippen LogP contribution in [0.2, 0.25) is 0 Å². The first kappa shape index (κ1) is 27.2. The van der Waals surface area contributed by atoms with Crippen LogP contribution in [0.4, 0.5) is 0 Å². The average Bonchev–Trinajstić information content (AvgIpc) is 3.25. The molecule has 1 fully saturated rings. The Morgan fingerprint density at radius 2 is 1.89 bits per heavy atom. The van der Waals surface area contributed by atoms with Crippen LogP contribution in [0.1, 0.15) is 37.0 Å². The highest BCUT2D eigenvalue weighted by molar-refractivity contribution is 7.89. The molecule has 0 bridgehead atoms. The van der Waals surface area contributed by atoms with Gasteiger partial charge < -0.3 is 14.0 Å². The number of carbonyl (C=O) groups excluding carboxylic acids is 2. The molecule has 2 heterocycles. The molecule has 37 heavy (non-hydrogen) atoms. The van der Waals surface area contributed by atoms with Gasteiger partial charge in [-0.05, 0) is 57.0 Å². The van der Waals surface area contributed by atoms with Crippen molar-refractivity contribution in [2.24, 2.45) is 10.9 Å². The first-order chi connectivity index (χ1) is 17.8. The standard InChI is InChI=1S/C26H31N3O6S2/c1-3-34-16-15-29-22-13-12-19(25(31)35-4-2)17-23(22)36-26(29)27-24(30)20-9-8-14-28(18-20)37(32,33)21-10-6-5-7-11-21/h5-7,10-13,17,20H,3-4,8-9,14-16,18H2,1-2H3. The second-order valence-electron chi connectivity index (χ2n) is 8.60. The van der Waals surface area contributed by atoms with Crippen LogP contribution in [0.15, 0.2) is 58.4 Å². The zero-order valence-corrected chi connectivity index (χ0v) is 22.6. The van der Waals surface area contributed by atoms with Crippen molar-refractivity contribution in [1.29, 1.82) is 0 Å². The minimum atomic E-state index is -3.69. The molecule has 0 radical (unpaired) electrons. The predicted molar refractivity (Wildman–Crippen MR) is 141 cm³/mol. The molecule has 198 valence electrons. The Morgan fingerprint density at radius 3 is 2.62 bits per heavy atom. The van der Waals surface area contributed by atoms with Gasteiger partial charge in [-0.25, -0.2) is 13.2 Å². The maximum Gasteiger partial charge on any atom is 0.338 e. The van der Waals surface area contributed by atoms with Gasteiger partial charge >= 0.3 is 5.97 Å². The van der Waals surface area contributed by atoms with Crippen molar-refractivity contribution in [2.75, 3.05) is 32.9 Å². The molecule has 1 saturated heterocycles. The Morgan fingerprint density at radius 1 is 1.11 bits per heavy atom. The maximum absolute atomic E-state index is 13.3. The van der Waals surface area contributed by atoms with Crippen LogP contribution in [0.25, 0.3) is 10.2 Å². The number of piperidine rings is 1. The topological polar surface area (TPSA) is 107 Å². The number of nitrogens with zero attached hydrogens (tertiary/aromatic N) is 3. The molecule has 9 nitrogen and oxygen atoms in total. The summed E-state index contributed by atoms with van der Waals surface area (Å²) in [6.07, 6.45) is 1.15. The first-order valence-corrected chi connectivity index (χ1v) is 14.6. The highest BCUT2D eigenvalue weighted by atomic mass is 32.2. The number of hydrogen-bond acceptors (Lipinski definition) is 7. The normalized spacial score (nSPS) is 17.2. The van der Waals surface area contributed by atoms with Crippen LogP contribution in [0.5, 0.6) is 0 Å². The van der Waals surface area contributed by atoms with Crippen LogP contribution >= 0.6 is 11.3 Å². The minimum Gasteiger partial charge on any atom is -0.462 e. The lowest BCUT2D eigenvalue weighted by Crippen LogP contribution is -2.42. The first-order valence-electron chi connectivity index (χ1n) is 12.4. The summed E-state index contributed by atoms with van der Waals surface area (Å²) in [6, 6.07) is 13.5. The summed E-state index contributed by atoms with van der Waals surface area (Å²) < 4.78 is 40.9. The van der Waals surface area contributed by atoms with E-state index in [4.69, 9.17) is 9.47 Å². The third kappa shape index (κ3) is 6.18. The van der Waals surface area contributed by atoms with Crippen molar-refractivity contribution >= 4 is 43.5 Å². The van der Waals surface area contributed by atoms with Crippen molar-refractivity contribution in [3.8, 4) is 0 Å². The van der Waals surface area contributed by atoms with Crippen LogP contribution in [0, 0.1) is 5.92 Å². The number of hydrogen-bond donors (Lipinski definition) is 0. The fraction of sp³-hybridized carbons (Fsp3) is 0.423. The van der Waals surface area contributed by atoms with Gasteiger partial charge in [-0.2, -0.15) is 9.30 Å². The Kier molecular flexibility index (Phi) is 8.91. The number of ether oxygens (including phenoxy) is 2. The lowest BCUT2D eigenvalue weighted by atomic mass is 9.99. The Bertz CT molecular complexity index is 1430. The summed E-state index contributed by atoms with van der Waals surface area (Å²) in [5.74, 6) is -1.29. The van der Waals surface area contributed by atoms with E-state index < -0.39 is 21.9 Å². The molecule has 0 aliphatic carbocycles. The summed E-state index contributed by atoms with van der Waals surface area (Å²) in [5, 5.41) is 0. The largest absolute Gasteiger partial charge is 0.462 e.